The second kappa shape index (κ2) is 19.3. The Morgan fingerprint density at radius 2 is 1.12 bits per heavy atom. The summed E-state index contributed by atoms with van der Waals surface area (Å²) in [5, 5.41) is 2.59. The molecule has 0 saturated heterocycles. The number of ether oxygens (including phenoxy) is 1. The number of esters is 1. The molecule has 0 aromatic rings. The van der Waals surface area contributed by atoms with Crippen LogP contribution in [0.2, 0.25) is 0 Å². The van der Waals surface area contributed by atoms with Gasteiger partial charge in [-0.05, 0) is 13.3 Å². The van der Waals surface area contributed by atoms with Gasteiger partial charge in [-0.1, -0.05) is 90.4 Å². The van der Waals surface area contributed by atoms with Gasteiger partial charge < -0.3 is 10.1 Å². The summed E-state index contributed by atoms with van der Waals surface area (Å²) in [5.74, 6) is -0.672. The maximum atomic E-state index is 11.4. The molecule has 1 amide bonds. The average molecular weight is 356 g/mol. The lowest BCUT2D eigenvalue weighted by Gasteiger charge is -2.05. The molecule has 0 radical (unpaired) electrons. The normalized spacial score (nSPS) is 10.6. The van der Waals surface area contributed by atoms with Crippen LogP contribution in [0.25, 0.3) is 0 Å². The summed E-state index contributed by atoms with van der Waals surface area (Å²) < 4.78 is 5.07. The molecule has 4 heteroatoms. The number of carbonyl (C=O) groups is 2. The van der Waals surface area contributed by atoms with Crippen molar-refractivity contribution in [3.8, 4) is 0 Å². The highest BCUT2D eigenvalue weighted by atomic mass is 16.5. The van der Waals surface area contributed by atoms with Crippen LogP contribution in [0.4, 0.5) is 0 Å². The Labute approximate surface area is 155 Å². The van der Waals surface area contributed by atoms with Crippen molar-refractivity contribution in [1.29, 1.82) is 0 Å². The molecule has 0 aliphatic carbocycles. The maximum absolute atomic E-state index is 11.4. The van der Waals surface area contributed by atoms with Gasteiger partial charge in [0.05, 0.1) is 6.61 Å². The van der Waals surface area contributed by atoms with Crippen molar-refractivity contribution in [2.45, 2.75) is 110 Å². The van der Waals surface area contributed by atoms with Gasteiger partial charge in [0.25, 0.3) is 0 Å². The van der Waals surface area contributed by atoms with Crippen LogP contribution in [0.3, 0.4) is 0 Å². The first-order chi connectivity index (χ1) is 12.2. The Hall–Kier alpha value is -1.06. The van der Waals surface area contributed by atoms with Gasteiger partial charge in [-0.15, -0.1) is 0 Å². The average Bonchev–Trinajstić information content (AvgIpc) is 2.58. The topological polar surface area (TPSA) is 55.4 Å². The van der Waals surface area contributed by atoms with Gasteiger partial charge in [0.1, 0.15) is 6.42 Å². The fraction of sp³-hybridized carbons (Fsp3) is 0.905. The SMILES string of the molecule is CCCCCCCCCCCCCCCCOC(=O)CC(=O)NCC. The van der Waals surface area contributed by atoms with Crippen molar-refractivity contribution in [1.82, 2.24) is 5.32 Å². The lowest BCUT2D eigenvalue weighted by atomic mass is 10.0. The van der Waals surface area contributed by atoms with Crippen molar-refractivity contribution >= 4 is 11.9 Å². The monoisotopic (exact) mass is 355 g/mol. The summed E-state index contributed by atoms with van der Waals surface area (Å²) in [6.45, 7) is 5.08. The van der Waals surface area contributed by atoms with Crippen LogP contribution in [-0.4, -0.2) is 25.0 Å². The zero-order valence-electron chi connectivity index (χ0n) is 16.7. The summed E-state index contributed by atoms with van der Waals surface area (Å²) in [7, 11) is 0. The van der Waals surface area contributed by atoms with Gasteiger partial charge >= 0.3 is 5.97 Å². The fourth-order valence-electron chi connectivity index (χ4n) is 2.92. The van der Waals surface area contributed by atoms with Gasteiger partial charge in [0.2, 0.25) is 5.91 Å². The zero-order chi connectivity index (χ0) is 18.6. The molecule has 0 unspecified atom stereocenters. The molecule has 0 bridgehead atoms. The summed E-state index contributed by atoms with van der Waals surface area (Å²) >= 11 is 0. The first-order valence-corrected chi connectivity index (χ1v) is 10.6. The Balaban J connectivity index is 3.16. The molecule has 1 N–H and O–H groups in total. The van der Waals surface area contributed by atoms with Gasteiger partial charge in [0.15, 0.2) is 0 Å². The molecule has 0 aliphatic rings. The van der Waals surface area contributed by atoms with Crippen LogP contribution in [0.5, 0.6) is 0 Å². The van der Waals surface area contributed by atoms with Crippen LogP contribution in [0.15, 0.2) is 0 Å². The first-order valence-electron chi connectivity index (χ1n) is 10.6. The smallest absolute Gasteiger partial charge is 0.315 e. The third-order valence-electron chi connectivity index (χ3n) is 4.44. The van der Waals surface area contributed by atoms with E-state index in [4.69, 9.17) is 4.74 Å². The Bertz CT molecular complexity index is 318. The summed E-state index contributed by atoms with van der Waals surface area (Å²) in [6.07, 6.45) is 18.2. The second-order valence-electron chi connectivity index (χ2n) is 6.95. The molecule has 25 heavy (non-hydrogen) atoms. The number of carbonyl (C=O) groups excluding carboxylic acids is 2. The molecule has 148 valence electrons. The summed E-state index contributed by atoms with van der Waals surface area (Å²) in [6, 6.07) is 0. The van der Waals surface area contributed by atoms with Crippen LogP contribution >= 0.6 is 0 Å². The number of hydrogen-bond donors (Lipinski definition) is 1. The van der Waals surface area contributed by atoms with Gasteiger partial charge in [-0.3, -0.25) is 9.59 Å². The number of hydrogen-bond acceptors (Lipinski definition) is 3. The van der Waals surface area contributed by atoms with E-state index < -0.39 is 5.97 Å². The molecule has 0 rings (SSSR count). The van der Waals surface area contributed by atoms with E-state index >= 15 is 0 Å². The minimum absolute atomic E-state index is 0.160. The van der Waals surface area contributed by atoms with E-state index in [-0.39, 0.29) is 12.3 Å². The quantitative estimate of drug-likeness (QED) is 0.200. The van der Waals surface area contributed by atoms with E-state index in [1.165, 1.54) is 77.0 Å². The van der Waals surface area contributed by atoms with E-state index in [0.717, 1.165) is 12.8 Å². The molecule has 0 atom stereocenters. The van der Waals surface area contributed by atoms with Gasteiger partial charge in [-0.25, -0.2) is 0 Å². The maximum Gasteiger partial charge on any atom is 0.315 e. The van der Waals surface area contributed by atoms with Gasteiger partial charge in [0, 0.05) is 6.54 Å². The Morgan fingerprint density at radius 1 is 0.680 bits per heavy atom. The number of rotatable bonds is 18. The highest BCUT2D eigenvalue weighted by Gasteiger charge is 2.08. The molecular formula is C21H41NO3. The second-order valence-corrected chi connectivity index (χ2v) is 6.95. The minimum atomic E-state index is -0.416. The largest absolute Gasteiger partial charge is 0.465 e. The molecule has 0 saturated carbocycles. The lowest BCUT2D eigenvalue weighted by molar-refractivity contribution is -0.146. The molecule has 0 fully saturated rings. The number of nitrogens with one attached hydrogen (secondary N) is 1. The zero-order valence-corrected chi connectivity index (χ0v) is 16.7. The van der Waals surface area contributed by atoms with E-state index in [1.807, 2.05) is 6.92 Å². The van der Waals surface area contributed by atoms with Gasteiger partial charge in [-0.2, -0.15) is 0 Å². The number of unbranched alkanes of at least 4 members (excludes halogenated alkanes) is 13. The fourth-order valence-corrected chi connectivity index (χ4v) is 2.92. The highest BCUT2D eigenvalue weighted by Crippen LogP contribution is 2.12. The van der Waals surface area contributed by atoms with Crippen LogP contribution in [0, 0.1) is 0 Å². The van der Waals surface area contributed by atoms with Crippen LogP contribution < -0.4 is 5.32 Å². The van der Waals surface area contributed by atoms with E-state index in [2.05, 4.69) is 12.2 Å². The Morgan fingerprint density at radius 3 is 1.56 bits per heavy atom. The van der Waals surface area contributed by atoms with Crippen molar-refractivity contribution in [2.24, 2.45) is 0 Å². The van der Waals surface area contributed by atoms with Crippen LogP contribution in [-0.2, 0) is 14.3 Å². The van der Waals surface area contributed by atoms with Crippen molar-refractivity contribution in [3.05, 3.63) is 0 Å². The predicted octanol–water partition coefficient (Wildman–Crippen LogP) is 5.54. The van der Waals surface area contributed by atoms with Crippen molar-refractivity contribution in [3.63, 3.8) is 0 Å². The van der Waals surface area contributed by atoms with Crippen molar-refractivity contribution < 1.29 is 14.3 Å². The predicted molar refractivity (Wildman–Crippen MR) is 105 cm³/mol. The molecule has 0 aromatic carbocycles. The molecule has 0 aromatic heterocycles. The molecule has 0 spiro atoms. The highest BCUT2D eigenvalue weighted by molar-refractivity contribution is 5.94. The number of amides is 1. The van der Waals surface area contributed by atoms with E-state index in [0.29, 0.717) is 13.2 Å². The van der Waals surface area contributed by atoms with Crippen molar-refractivity contribution in [2.75, 3.05) is 13.2 Å². The Kier molecular flexibility index (Phi) is 18.5. The minimum Gasteiger partial charge on any atom is -0.465 e. The van der Waals surface area contributed by atoms with E-state index in [9.17, 15) is 9.59 Å². The third-order valence-corrected chi connectivity index (χ3v) is 4.44. The molecule has 4 nitrogen and oxygen atoms in total. The molecule has 0 aliphatic heterocycles. The standard InChI is InChI=1S/C21H41NO3/c1-3-5-6-7-8-9-10-11-12-13-14-15-16-17-18-25-21(24)19-20(23)22-4-2/h3-19H2,1-2H3,(H,22,23). The molecule has 0 heterocycles. The molecular weight excluding hydrogens is 314 g/mol. The third kappa shape index (κ3) is 19.1. The van der Waals surface area contributed by atoms with Crippen LogP contribution in [0.1, 0.15) is 110 Å². The first kappa shape index (κ1) is 23.9. The van der Waals surface area contributed by atoms with E-state index in [1.54, 1.807) is 0 Å². The summed E-state index contributed by atoms with van der Waals surface area (Å²) in [4.78, 5) is 22.6. The lowest BCUT2D eigenvalue weighted by Crippen LogP contribution is -2.26. The summed E-state index contributed by atoms with van der Waals surface area (Å²) in [5.41, 5.74) is 0.